The van der Waals surface area contributed by atoms with Crippen LogP contribution in [0, 0.1) is 11.3 Å². The average Bonchev–Trinajstić information content (AvgIpc) is 2.35. The third-order valence-electron chi connectivity index (χ3n) is 2.13. The molecule has 1 rings (SSSR count). The lowest BCUT2D eigenvalue weighted by atomic mass is 10.0. The number of hydrogen-bond acceptors (Lipinski definition) is 4. The van der Waals surface area contributed by atoms with Gasteiger partial charge < -0.3 is 4.74 Å². The van der Waals surface area contributed by atoms with E-state index in [4.69, 9.17) is 5.26 Å². The number of hydrogen-bond donors (Lipinski definition) is 0. The zero-order valence-electron chi connectivity index (χ0n) is 8.90. The molecule has 0 saturated carbocycles. The first kappa shape index (κ1) is 11.9. The maximum atomic E-state index is 11.7. The lowest BCUT2D eigenvalue weighted by Gasteiger charge is -2.02. The lowest BCUT2D eigenvalue weighted by molar-refractivity contribution is -0.140. The van der Waals surface area contributed by atoms with E-state index in [1.54, 1.807) is 24.3 Å². The Morgan fingerprint density at radius 1 is 1.31 bits per heavy atom. The molecule has 0 heterocycles. The number of benzene rings is 1. The number of nitrogens with zero attached hydrogens (tertiary/aromatic N) is 1. The van der Waals surface area contributed by atoms with Crippen molar-refractivity contribution in [2.75, 3.05) is 7.11 Å². The molecule has 0 amide bonds. The molecule has 0 fully saturated rings. The van der Waals surface area contributed by atoms with Crippen LogP contribution in [0.25, 0.3) is 0 Å². The number of carbonyl (C=O) groups is 2. The van der Waals surface area contributed by atoms with E-state index in [0.29, 0.717) is 11.1 Å². The largest absolute Gasteiger partial charge is 0.469 e. The van der Waals surface area contributed by atoms with Gasteiger partial charge in [0.05, 0.1) is 25.2 Å². The zero-order valence-corrected chi connectivity index (χ0v) is 8.90. The quantitative estimate of drug-likeness (QED) is 0.568. The van der Waals surface area contributed by atoms with Gasteiger partial charge in [-0.2, -0.15) is 5.26 Å². The molecule has 0 spiro atoms. The van der Waals surface area contributed by atoms with Gasteiger partial charge in [-0.25, -0.2) is 0 Å². The Morgan fingerprint density at radius 2 is 2.00 bits per heavy atom. The van der Waals surface area contributed by atoms with Crippen molar-refractivity contribution in [2.24, 2.45) is 0 Å². The summed E-state index contributed by atoms with van der Waals surface area (Å²) < 4.78 is 4.44. The number of methoxy groups -OCH3 is 1. The second kappa shape index (κ2) is 5.66. The van der Waals surface area contributed by atoms with Crippen molar-refractivity contribution < 1.29 is 14.3 Å². The van der Waals surface area contributed by atoms with Crippen molar-refractivity contribution in [1.82, 2.24) is 0 Å². The van der Waals surface area contributed by atoms with Gasteiger partial charge in [0, 0.05) is 12.0 Å². The van der Waals surface area contributed by atoms with Gasteiger partial charge in [0.15, 0.2) is 5.78 Å². The van der Waals surface area contributed by atoms with E-state index in [2.05, 4.69) is 4.74 Å². The summed E-state index contributed by atoms with van der Waals surface area (Å²) in [6, 6.07) is 8.47. The fourth-order valence-electron chi connectivity index (χ4n) is 1.28. The molecule has 4 nitrogen and oxygen atoms in total. The number of esters is 1. The minimum Gasteiger partial charge on any atom is -0.469 e. The Labute approximate surface area is 93.5 Å². The van der Waals surface area contributed by atoms with Gasteiger partial charge in [-0.3, -0.25) is 9.59 Å². The number of Topliss-reactive ketones (excluding diaryl/α,β-unsaturated/α-hetero) is 1. The average molecular weight is 217 g/mol. The van der Waals surface area contributed by atoms with Crippen molar-refractivity contribution in [3.63, 3.8) is 0 Å². The lowest BCUT2D eigenvalue weighted by Crippen LogP contribution is -2.07. The highest BCUT2D eigenvalue weighted by Gasteiger charge is 2.12. The molecule has 0 bridgehead atoms. The van der Waals surface area contributed by atoms with Crippen molar-refractivity contribution >= 4 is 11.8 Å². The van der Waals surface area contributed by atoms with Gasteiger partial charge in [-0.15, -0.1) is 0 Å². The highest BCUT2D eigenvalue weighted by Crippen LogP contribution is 2.11. The van der Waals surface area contributed by atoms with E-state index in [-0.39, 0.29) is 18.6 Å². The summed E-state index contributed by atoms with van der Waals surface area (Å²) in [4.78, 5) is 22.5. The van der Waals surface area contributed by atoms with Gasteiger partial charge in [-0.05, 0) is 6.07 Å². The van der Waals surface area contributed by atoms with Crippen molar-refractivity contribution in [1.29, 1.82) is 5.26 Å². The highest BCUT2D eigenvalue weighted by atomic mass is 16.5. The summed E-state index contributed by atoms with van der Waals surface area (Å²) >= 11 is 0. The summed E-state index contributed by atoms with van der Waals surface area (Å²) in [6.07, 6.45) is 0.0977. The van der Waals surface area contributed by atoms with E-state index in [1.165, 1.54) is 7.11 Å². The Hall–Kier alpha value is -2.15. The molecular weight excluding hydrogens is 206 g/mol. The van der Waals surface area contributed by atoms with Crippen LogP contribution in [0.1, 0.15) is 28.8 Å². The van der Waals surface area contributed by atoms with Crippen molar-refractivity contribution in [2.45, 2.75) is 12.8 Å². The normalized spacial score (nSPS) is 9.25. The first-order valence-electron chi connectivity index (χ1n) is 4.78. The second-order valence-electron chi connectivity index (χ2n) is 3.16. The molecule has 0 aliphatic heterocycles. The first-order valence-corrected chi connectivity index (χ1v) is 4.78. The highest BCUT2D eigenvalue weighted by molar-refractivity contribution is 5.99. The first-order chi connectivity index (χ1) is 7.69. The van der Waals surface area contributed by atoms with Crippen molar-refractivity contribution in [3.8, 4) is 6.07 Å². The SMILES string of the molecule is COC(=O)CCC(=O)c1ccccc1C#N. The van der Waals surface area contributed by atoms with Crippen LogP contribution < -0.4 is 0 Å². The van der Waals surface area contributed by atoms with E-state index >= 15 is 0 Å². The summed E-state index contributed by atoms with van der Waals surface area (Å²) in [7, 11) is 1.27. The number of nitriles is 1. The predicted octanol–water partition coefficient (Wildman–Crippen LogP) is 1.69. The minimum absolute atomic E-state index is 0.0368. The maximum absolute atomic E-state index is 11.7. The predicted molar refractivity (Wildman–Crippen MR) is 56.7 cm³/mol. The fourth-order valence-corrected chi connectivity index (χ4v) is 1.28. The second-order valence-corrected chi connectivity index (χ2v) is 3.16. The summed E-state index contributed by atoms with van der Waals surface area (Å²) in [6.45, 7) is 0. The van der Waals surface area contributed by atoms with Crippen LogP contribution in [0.15, 0.2) is 24.3 Å². The summed E-state index contributed by atoms with van der Waals surface area (Å²) in [5.41, 5.74) is 0.686. The summed E-state index contributed by atoms with van der Waals surface area (Å²) in [5, 5.41) is 8.80. The van der Waals surface area contributed by atoms with Gasteiger partial charge >= 0.3 is 5.97 Å². The van der Waals surface area contributed by atoms with Crippen LogP contribution in [0.5, 0.6) is 0 Å². The van der Waals surface area contributed by atoms with Crippen LogP contribution in [0.4, 0.5) is 0 Å². The van der Waals surface area contributed by atoms with E-state index in [1.807, 2.05) is 6.07 Å². The van der Waals surface area contributed by atoms with E-state index in [0.717, 1.165) is 0 Å². The van der Waals surface area contributed by atoms with Gasteiger partial charge in [0.1, 0.15) is 0 Å². The molecule has 82 valence electrons. The van der Waals surface area contributed by atoms with Crippen LogP contribution in [0.3, 0.4) is 0 Å². The standard InChI is InChI=1S/C12H11NO3/c1-16-12(15)7-6-11(14)10-5-3-2-4-9(10)8-13/h2-5H,6-7H2,1H3. The molecule has 1 aromatic rings. The van der Waals surface area contributed by atoms with E-state index in [9.17, 15) is 9.59 Å². The van der Waals surface area contributed by atoms with Gasteiger partial charge in [-0.1, -0.05) is 18.2 Å². The van der Waals surface area contributed by atoms with Gasteiger partial charge in [0.2, 0.25) is 0 Å². The molecule has 4 heteroatoms. The monoisotopic (exact) mass is 217 g/mol. The fraction of sp³-hybridized carbons (Fsp3) is 0.250. The number of ether oxygens (including phenoxy) is 1. The Balaban J connectivity index is 2.74. The number of ketones is 1. The molecule has 0 N–H and O–H groups in total. The maximum Gasteiger partial charge on any atom is 0.305 e. The summed E-state index contributed by atoms with van der Waals surface area (Å²) in [5.74, 6) is -0.648. The molecule has 16 heavy (non-hydrogen) atoms. The molecule has 0 unspecified atom stereocenters. The molecule has 0 saturated heterocycles. The van der Waals surface area contributed by atoms with Crippen molar-refractivity contribution in [3.05, 3.63) is 35.4 Å². The third kappa shape index (κ3) is 2.92. The van der Waals surface area contributed by atoms with Crippen LogP contribution in [-0.2, 0) is 9.53 Å². The number of rotatable bonds is 4. The Morgan fingerprint density at radius 3 is 2.62 bits per heavy atom. The number of carbonyl (C=O) groups excluding carboxylic acids is 2. The Bertz CT molecular complexity index is 446. The molecule has 0 aliphatic rings. The van der Waals surface area contributed by atoms with Crippen LogP contribution >= 0.6 is 0 Å². The molecule has 0 radical (unpaired) electrons. The molecular formula is C12H11NO3. The zero-order chi connectivity index (χ0) is 12.0. The minimum atomic E-state index is -0.428. The van der Waals surface area contributed by atoms with Crippen LogP contribution in [-0.4, -0.2) is 18.9 Å². The van der Waals surface area contributed by atoms with Gasteiger partial charge in [0.25, 0.3) is 0 Å². The molecule has 1 aromatic carbocycles. The Kier molecular flexibility index (Phi) is 4.22. The topological polar surface area (TPSA) is 67.2 Å². The molecule has 0 atom stereocenters. The van der Waals surface area contributed by atoms with Crippen LogP contribution in [0.2, 0.25) is 0 Å². The molecule has 0 aromatic heterocycles. The van der Waals surface area contributed by atoms with E-state index < -0.39 is 5.97 Å². The molecule has 0 aliphatic carbocycles. The third-order valence-corrected chi connectivity index (χ3v) is 2.13. The smallest absolute Gasteiger partial charge is 0.305 e.